The molecule has 0 fully saturated rings. The molecule has 29 heavy (non-hydrogen) atoms. The van der Waals surface area contributed by atoms with E-state index >= 15 is 0 Å². The van der Waals surface area contributed by atoms with Gasteiger partial charge in [-0.05, 0) is 30.7 Å². The van der Waals surface area contributed by atoms with Crippen molar-refractivity contribution < 1.29 is 19.4 Å². The highest BCUT2D eigenvalue weighted by Gasteiger charge is 2.21. The van der Waals surface area contributed by atoms with Crippen LogP contribution in [0.5, 0.6) is 5.75 Å². The molecule has 0 aliphatic heterocycles. The van der Waals surface area contributed by atoms with Gasteiger partial charge in [-0.1, -0.05) is 18.2 Å². The molecule has 3 aromatic rings. The lowest BCUT2D eigenvalue weighted by Gasteiger charge is -2.12. The van der Waals surface area contributed by atoms with Gasteiger partial charge in [0.2, 0.25) is 5.01 Å². The third kappa shape index (κ3) is 4.38. The number of nitrogens with one attached hydrogen (secondary N) is 1. The SMILES string of the molecule is C=CCNC(=O)c1cc(-c2csc(C(=O)O)n2)n(Cc2ccc(OC)cc2)c1C. The van der Waals surface area contributed by atoms with Crippen LogP contribution < -0.4 is 10.1 Å². The highest BCUT2D eigenvalue weighted by molar-refractivity contribution is 7.11. The molecule has 1 amide bonds. The quantitative estimate of drug-likeness (QED) is 0.553. The summed E-state index contributed by atoms with van der Waals surface area (Å²) in [6.07, 6.45) is 1.61. The molecule has 8 heteroatoms. The van der Waals surface area contributed by atoms with Crippen molar-refractivity contribution in [1.29, 1.82) is 0 Å². The molecular formula is C21H21N3O4S. The number of hydrogen-bond donors (Lipinski definition) is 2. The zero-order valence-corrected chi connectivity index (χ0v) is 17.0. The van der Waals surface area contributed by atoms with Crippen molar-refractivity contribution in [3.8, 4) is 17.1 Å². The van der Waals surface area contributed by atoms with Crippen molar-refractivity contribution in [2.75, 3.05) is 13.7 Å². The van der Waals surface area contributed by atoms with Crippen molar-refractivity contribution in [1.82, 2.24) is 14.9 Å². The highest BCUT2D eigenvalue weighted by Crippen LogP contribution is 2.28. The van der Waals surface area contributed by atoms with E-state index in [-0.39, 0.29) is 10.9 Å². The molecule has 150 valence electrons. The zero-order valence-electron chi connectivity index (χ0n) is 16.1. The average Bonchev–Trinajstić information content (AvgIpc) is 3.33. The van der Waals surface area contributed by atoms with Crippen LogP contribution in [-0.4, -0.2) is 40.2 Å². The molecule has 7 nitrogen and oxygen atoms in total. The number of carbonyl (C=O) groups is 2. The molecule has 0 atom stereocenters. The van der Waals surface area contributed by atoms with Gasteiger partial charge in [0.15, 0.2) is 0 Å². The maximum absolute atomic E-state index is 12.6. The van der Waals surface area contributed by atoms with Crippen LogP contribution in [0.1, 0.15) is 31.4 Å². The Bertz CT molecular complexity index is 1050. The van der Waals surface area contributed by atoms with Crippen molar-refractivity contribution >= 4 is 23.2 Å². The molecule has 2 aromatic heterocycles. The summed E-state index contributed by atoms with van der Waals surface area (Å²) in [5.41, 5.74) is 3.50. The van der Waals surface area contributed by atoms with E-state index in [0.717, 1.165) is 28.3 Å². The molecule has 0 spiro atoms. The fourth-order valence-electron chi connectivity index (χ4n) is 2.95. The molecule has 0 radical (unpaired) electrons. The molecule has 0 aliphatic rings. The Balaban J connectivity index is 2.04. The van der Waals surface area contributed by atoms with Crippen LogP contribution in [0.15, 0.2) is 48.4 Å². The van der Waals surface area contributed by atoms with Crippen LogP contribution in [0.4, 0.5) is 0 Å². The van der Waals surface area contributed by atoms with Gasteiger partial charge >= 0.3 is 5.97 Å². The Kier molecular flexibility index (Phi) is 6.13. The smallest absolute Gasteiger partial charge is 0.365 e. The summed E-state index contributed by atoms with van der Waals surface area (Å²) in [5, 5.41) is 13.7. The molecule has 2 heterocycles. The number of benzene rings is 1. The van der Waals surface area contributed by atoms with Gasteiger partial charge in [-0.15, -0.1) is 17.9 Å². The van der Waals surface area contributed by atoms with E-state index < -0.39 is 5.97 Å². The second kappa shape index (κ2) is 8.74. The van der Waals surface area contributed by atoms with Gasteiger partial charge in [0.05, 0.1) is 24.1 Å². The van der Waals surface area contributed by atoms with Crippen LogP contribution in [0.3, 0.4) is 0 Å². The van der Waals surface area contributed by atoms with E-state index in [4.69, 9.17) is 4.74 Å². The van der Waals surface area contributed by atoms with E-state index in [0.29, 0.717) is 30.0 Å². The van der Waals surface area contributed by atoms with Gasteiger partial charge in [0.1, 0.15) is 5.75 Å². The second-order valence-corrected chi connectivity index (χ2v) is 7.16. The molecule has 0 saturated heterocycles. The van der Waals surface area contributed by atoms with Crippen molar-refractivity contribution in [3.05, 3.63) is 70.2 Å². The predicted molar refractivity (Wildman–Crippen MR) is 112 cm³/mol. The third-order valence-corrected chi connectivity index (χ3v) is 5.30. The summed E-state index contributed by atoms with van der Waals surface area (Å²) in [6.45, 7) is 6.33. The first-order valence-corrected chi connectivity index (χ1v) is 9.74. The van der Waals surface area contributed by atoms with Crippen LogP contribution in [0.2, 0.25) is 0 Å². The molecule has 3 rings (SSSR count). The minimum atomic E-state index is -1.07. The fraction of sp³-hybridized carbons (Fsp3) is 0.190. The van der Waals surface area contributed by atoms with E-state index in [2.05, 4.69) is 16.9 Å². The number of carboxylic acids is 1. The normalized spacial score (nSPS) is 10.6. The number of amides is 1. The van der Waals surface area contributed by atoms with Crippen LogP contribution in [0.25, 0.3) is 11.4 Å². The average molecular weight is 411 g/mol. The first-order chi connectivity index (χ1) is 13.9. The van der Waals surface area contributed by atoms with Gasteiger partial charge in [-0.25, -0.2) is 9.78 Å². The number of nitrogens with zero attached hydrogens (tertiary/aromatic N) is 2. The largest absolute Gasteiger partial charge is 0.497 e. The molecule has 0 aliphatic carbocycles. The number of methoxy groups -OCH3 is 1. The Labute approximate surface area is 172 Å². The summed E-state index contributed by atoms with van der Waals surface area (Å²) in [5.74, 6) is -0.533. The second-order valence-electron chi connectivity index (χ2n) is 6.30. The topological polar surface area (TPSA) is 93.5 Å². The van der Waals surface area contributed by atoms with Crippen molar-refractivity contribution in [2.24, 2.45) is 0 Å². The summed E-state index contributed by atoms with van der Waals surface area (Å²) in [4.78, 5) is 28.0. The summed E-state index contributed by atoms with van der Waals surface area (Å²) >= 11 is 1.06. The fourth-order valence-corrected chi connectivity index (χ4v) is 3.60. The highest BCUT2D eigenvalue weighted by atomic mass is 32.1. The van der Waals surface area contributed by atoms with Gasteiger partial charge < -0.3 is 19.7 Å². The van der Waals surface area contributed by atoms with Gasteiger partial charge in [-0.3, -0.25) is 4.79 Å². The molecule has 0 bridgehead atoms. The lowest BCUT2D eigenvalue weighted by Crippen LogP contribution is -2.23. The number of aromatic carboxylic acids is 1. The van der Waals surface area contributed by atoms with E-state index in [1.807, 2.05) is 35.8 Å². The first kappa shape index (κ1) is 20.3. The number of aromatic nitrogens is 2. The number of rotatable bonds is 8. The number of ether oxygens (including phenoxy) is 1. The van der Waals surface area contributed by atoms with Crippen molar-refractivity contribution in [2.45, 2.75) is 13.5 Å². The minimum absolute atomic E-state index is 0.00695. The molecule has 1 aromatic carbocycles. The van der Waals surface area contributed by atoms with Crippen LogP contribution in [-0.2, 0) is 6.54 Å². The summed E-state index contributed by atoms with van der Waals surface area (Å²) in [6, 6.07) is 9.39. The first-order valence-electron chi connectivity index (χ1n) is 8.86. The van der Waals surface area contributed by atoms with Gasteiger partial charge in [0, 0.05) is 24.2 Å². The summed E-state index contributed by atoms with van der Waals surface area (Å²) < 4.78 is 7.17. The van der Waals surface area contributed by atoms with Gasteiger partial charge in [0.25, 0.3) is 5.91 Å². The lowest BCUT2D eigenvalue weighted by molar-refractivity contribution is 0.0696. The Hall–Kier alpha value is -3.39. The maximum Gasteiger partial charge on any atom is 0.365 e. The predicted octanol–water partition coefficient (Wildman–Crippen LogP) is 3.59. The maximum atomic E-state index is 12.6. The Morgan fingerprint density at radius 3 is 2.66 bits per heavy atom. The zero-order chi connectivity index (χ0) is 21.0. The molecular weight excluding hydrogens is 390 g/mol. The van der Waals surface area contributed by atoms with Gasteiger partial charge in [-0.2, -0.15) is 0 Å². The lowest BCUT2D eigenvalue weighted by atomic mass is 10.2. The third-order valence-electron chi connectivity index (χ3n) is 4.47. The molecule has 0 unspecified atom stereocenters. The number of thiazole rings is 1. The van der Waals surface area contributed by atoms with Crippen LogP contribution in [0, 0.1) is 6.92 Å². The molecule has 2 N–H and O–H groups in total. The number of carbonyl (C=O) groups excluding carboxylic acids is 1. The number of hydrogen-bond acceptors (Lipinski definition) is 5. The van der Waals surface area contributed by atoms with E-state index in [1.54, 1.807) is 24.6 Å². The monoisotopic (exact) mass is 411 g/mol. The minimum Gasteiger partial charge on any atom is -0.497 e. The van der Waals surface area contributed by atoms with E-state index in [9.17, 15) is 14.7 Å². The molecule has 0 saturated carbocycles. The number of carboxylic acid groups (broad SMARTS) is 1. The summed E-state index contributed by atoms with van der Waals surface area (Å²) in [7, 11) is 1.61. The Morgan fingerprint density at radius 2 is 2.07 bits per heavy atom. The van der Waals surface area contributed by atoms with E-state index in [1.165, 1.54) is 0 Å². The van der Waals surface area contributed by atoms with Crippen molar-refractivity contribution in [3.63, 3.8) is 0 Å². The Morgan fingerprint density at radius 1 is 1.34 bits per heavy atom. The van der Waals surface area contributed by atoms with Crippen LogP contribution >= 0.6 is 11.3 Å². The standard InChI is InChI=1S/C21H21N3O4S/c1-4-9-22-19(25)16-10-18(17-12-29-20(23-17)21(26)27)24(13(16)2)11-14-5-7-15(28-3)8-6-14/h4-8,10,12H,1,9,11H2,2-3H3,(H,22,25)(H,26,27).